The van der Waals surface area contributed by atoms with Crippen molar-refractivity contribution in [1.29, 1.82) is 0 Å². The summed E-state index contributed by atoms with van der Waals surface area (Å²) in [5.41, 5.74) is 2.36. The second kappa shape index (κ2) is 8.88. The molecule has 0 bridgehead atoms. The lowest BCUT2D eigenvalue weighted by Gasteiger charge is -2.09. The van der Waals surface area contributed by atoms with Crippen LogP contribution in [0.25, 0.3) is 21.1 Å². The Bertz CT molecular complexity index is 1320. The van der Waals surface area contributed by atoms with Crippen LogP contribution in [-0.2, 0) is 12.8 Å². The zero-order valence-electron chi connectivity index (χ0n) is 19.2. The molecule has 164 valence electrons. The second-order valence-electron chi connectivity index (χ2n) is 9.38. The van der Waals surface area contributed by atoms with Gasteiger partial charge < -0.3 is 4.42 Å². The highest BCUT2D eigenvalue weighted by Crippen LogP contribution is 2.34. The first-order chi connectivity index (χ1) is 15.5. The molecule has 0 amide bonds. The molecule has 32 heavy (non-hydrogen) atoms. The summed E-state index contributed by atoms with van der Waals surface area (Å²) in [6.45, 7) is 9.13. The van der Waals surface area contributed by atoms with Gasteiger partial charge in [0, 0.05) is 30.6 Å². The van der Waals surface area contributed by atoms with E-state index in [0.29, 0.717) is 17.8 Å². The van der Waals surface area contributed by atoms with Crippen molar-refractivity contribution in [1.82, 2.24) is 0 Å². The smallest absolute Gasteiger partial charge is 0.134 e. The van der Waals surface area contributed by atoms with Crippen LogP contribution in [-0.4, -0.2) is 0 Å². The molecule has 0 aliphatic carbocycles. The van der Waals surface area contributed by atoms with E-state index in [1.165, 1.54) is 35.7 Å². The summed E-state index contributed by atoms with van der Waals surface area (Å²) in [5, 5.41) is 2.56. The summed E-state index contributed by atoms with van der Waals surface area (Å²) in [6.07, 6.45) is 2.06. The largest absolute Gasteiger partial charge is 0.461 e. The van der Waals surface area contributed by atoms with E-state index in [0.717, 1.165) is 24.2 Å². The Labute approximate surface area is 198 Å². The highest BCUT2D eigenvalue weighted by atomic mass is 32.1. The Morgan fingerprint density at radius 3 is 2.34 bits per heavy atom. The Hall–Kier alpha value is -2.36. The number of benzene rings is 2. The average Bonchev–Trinajstić information content (AvgIpc) is 3.50. The van der Waals surface area contributed by atoms with Crippen molar-refractivity contribution >= 4 is 43.7 Å². The average molecular weight is 459 g/mol. The molecule has 0 fully saturated rings. The van der Waals surface area contributed by atoms with Crippen LogP contribution in [0.1, 0.15) is 71.4 Å². The molecule has 0 aliphatic heterocycles. The van der Waals surface area contributed by atoms with E-state index in [4.69, 9.17) is 4.42 Å². The Morgan fingerprint density at radius 2 is 1.56 bits per heavy atom. The molecule has 0 N–H and O–H groups in total. The Morgan fingerprint density at radius 1 is 0.719 bits per heavy atom. The zero-order valence-corrected chi connectivity index (χ0v) is 20.9. The molecule has 0 spiro atoms. The summed E-state index contributed by atoms with van der Waals surface area (Å²) in [4.78, 5) is 4.37. The molecule has 0 saturated carbocycles. The van der Waals surface area contributed by atoms with Gasteiger partial charge in [0.2, 0.25) is 0 Å². The van der Waals surface area contributed by atoms with Gasteiger partial charge in [0.25, 0.3) is 0 Å². The fourth-order valence-corrected chi connectivity index (χ4v) is 6.64. The van der Waals surface area contributed by atoms with Crippen LogP contribution in [0.2, 0.25) is 0 Å². The lowest BCUT2D eigenvalue weighted by molar-refractivity contribution is 0.505. The maximum Gasteiger partial charge on any atom is 0.134 e. The summed E-state index contributed by atoms with van der Waals surface area (Å²) in [7, 11) is 0. The predicted molar refractivity (Wildman–Crippen MR) is 141 cm³/mol. The van der Waals surface area contributed by atoms with E-state index >= 15 is 0 Å². The molecule has 2 atom stereocenters. The van der Waals surface area contributed by atoms with E-state index in [1.54, 1.807) is 0 Å². The van der Waals surface area contributed by atoms with Crippen molar-refractivity contribution in [3.05, 3.63) is 92.7 Å². The van der Waals surface area contributed by atoms with E-state index in [1.807, 2.05) is 22.7 Å². The standard InChI is InChI=1S/C29H30OS2/c1-18(2)27-12-11-24(31-27)14-19(3)25-16-22-10-9-21(15-26(22)30-25)13-20(4)29-17-23-7-5-6-8-28(23)32-29/h5-12,15-20H,13-14H2,1-4H3/t19-,20-/m0/s1. The molecular weight excluding hydrogens is 428 g/mol. The lowest BCUT2D eigenvalue weighted by atomic mass is 9.98. The van der Waals surface area contributed by atoms with Gasteiger partial charge in [-0.3, -0.25) is 0 Å². The normalized spacial score (nSPS) is 13.9. The number of rotatable bonds is 7. The van der Waals surface area contributed by atoms with Crippen molar-refractivity contribution in [2.75, 3.05) is 0 Å². The number of hydrogen-bond donors (Lipinski definition) is 0. The summed E-state index contributed by atoms with van der Waals surface area (Å²) in [6, 6.07) is 24.6. The maximum atomic E-state index is 6.34. The fraction of sp³-hybridized carbons (Fsp3) is 0.310. The molecule has 5 aromatic rings. The third-order valence-electron chi connectivity index (χ3n) is 6.32. The molecule has 0 saturated heterocycles. The van der Waals surface area contributed by atoms with Crippen LogP contribution in [0.3, 0.4) is 0 Å². The second-order valence-corrected chi connectivity index (χ2v) is 11.7. The van der Waals surface area contributed by atoms with Gasteiger partial charge in [0.1, 0.15) is 11.3 Å². The third kappa shape index (κ3) is 4.42. The lowest BCUT2D eigenvalue weighted by Crippen LogP contribution is -1.95. The van der Waals surface area contributed by atoms with Gasteiger partial charge in [-0.05, 0) is 72.0 Å². The van der Waals surface area contributed by atoms with Gasteiger partial charge in [0.15, 0.2) is 0 Å². The van der Waals surface area contributed by atoms with Gasteiger partial charge in [0.05, 0.1) is 0 Å². The van der Waals surface area contributed by atoms with Crippen LogP contribution in [0.15, 0.2) is 71.1 Å². The molecule has 3 heteroatoms. The number of furan rings is 1. The van der Waals surface area contributed by atoms with Crippen LogP contribution in [0, 0.1) is 0 Å². The van der Waals surface area contributed by atoms with E-state index in [9.17, 15) is 0 Å². The minimum atomic E-state index is 0.377. The highest BCUT2D eigenvalue weighted by molar-refractivity contribution is 7.19. The molecule has 0 radical (unpaired) electrons. The van der Waals surface area contributed by atoms with Crippen LogP contribution in [0.5, 0.6) is 0 Å². The molecule has 0 unspecified atom stereocenters. The van der Waals surface area contributed by atoms with Crippen molar-refractivity contribution in [3.8, 4) is 0 Å². The minimum Gasteiger partial charge on any atom is -0.461 e. The Balaban J connectivity index is 1.31. The van der Waals surface area contributed by atoms with Crippen molar-refractivity contribution < 1.29 is 4.42 Å². The highest BCUT2D eigenvalue weighted by Gasteiger charge is 2.16. The monoisotopic (exact) mass is 458 g/mol. The quantitative estimate of drug-likeness (QED) is 0.237. The van der Waals surface area contributed by atoms with E-state index in [-0.39, 0.29) is 0 Å². The first-order valence-electron chi connectivity index (χ1n) is 11.6. The topological polar surface area (TPSA) is 13.1 Å². The predicted octanol–water partition coefficient (Wildman–Crippen LogP) is 9.52. The number of thiophene rings is 2. The fourth-order valence-electron chi connectivity index (χ4n) is 4.38. The SMILES string of the molecule is CC(C)c1ccc(C[C@H](C)c2cc3ccc(C[C@H](C)c4cc5ccccc5s4)cc3o2)s1. The zero-order chi connectivity index (χ0) is 22.2. The van der Waals surface area contributed by atoms with Crippen molar-refractivity contribution in [2.24, 2.45) is 0 Å². The summed E-state index contributed by atoms with van der Waals surface area (Å²) < 4.78 is 7.72. The number of hydrogen-bond acceptors (Lipinski definition) is 3. The first kappa shape index (κ1) is 21.5. The van der Waals surface area contributed by atoms with Gasteiger partial charge in [-0.1, -0.05) is 58.0 Å². The van der Waals surface area contributed by atoms with Gasteiger partial charge >= 0.3 is 0 Å². The van der Waals surface area contributed by atoms with Gasteiger partial charge in [-0.2, -0.15) is 0 Å². The molecular formula is C29H30OS2. The molecule has 1 nitrogen and oxygen atoms in total. The molecule has 3 aromatic heterocycles. The van der Waals surface area contributed by atoms with Crippen LogP contribution >= 0.6 is 22.7 Å². The van der Waals surface area contributed by atoms with Crippen molar-refractivity contribution in [2.45, 2.75) is 58.3 Å². The molecule has 0 aliphatic rings. The van der Waals surface area contributed by atoms with Gasteiger partial charge in [-0.15, -0.1) is 22.7 Å². The Kier molecular flexibility index (Phi) is 5.96. The minimum absolute atomic E-state index is 0.377. The molecule has 5 rings (SSSR count). The van der Waals surface area contributed by atoms with Crippen LogP contribution < -0.4 is 0 Å². The van der Waals surface area contributed by atoms with E-state index in [2.05, 4.69) is 94.4 Å². The summed E-state index contributed by atoms with van der Waals surface area (Å²) >= 11 is 3.86. The molecule has 2 aromatic carbocycles. The van der Waals surface area contributed by atoms with Crippen LogP contribution in [0.4, 0.5) is 0 Å². The summed E-state index contributed by atoms with van der Waals surface area (Å²) in [5.74, 6) is 2.56. The van der Waals surface area contributed by atoms with Gasteiger partial charge in [-0.25, -0.2) is 0 Å². The number of fused-ring (bicyclic) bond motifs is 2. The van der Waals surface area contributed by atoms with Crippen molar-refractivity contribution in [3.63, 3.8) is 0 Å². The molecule has 3 heterocycles. The maximum absolute atomic E-state index is 6.34. The third-order valence-corrected chi connectivity index (χ3v) is 9.08. The first-order valence-corrected chi connectivity index (χ1v) is 13.2. The van der Waals surface area contributed by atoms with E-state index < -0.39 is 0 Å².